The van der Waals surface area contributed by atoms with Crippen molar-refractivity contribution in [1.29, 1.82) is 10.5 Å². The van der Waals surface area contributed by atoms with Crippen molar-refractivity contribution in [2.75, 3.05) is 0 Å². The highest BCUT2D eigenvalue weighted by molar-refractivity contribution is 7.32. The Kier molecular flexibility index (Phi) is 11.6. The first-order valence-corrected chi connectivity index (χ1v) is 26.2. The van der Waals surface area contributed by atoms with Gasteiger partial charge < -0.3 is 9.47 Å². The third kappa shape index (κ3) is 7.23. The molecule has 354 valence electrons. The summed E-state index contributed by atoms with van der Waals surface area (Å²) in [5.74, 6) is -3.69. The Labute approximate surface area is 421 Å². The molecule has 2 spiro atoms. The molecule has 6 aliphatic rings. The summed E-state index contributed by atoms with van der Waals surface area (Å²) in [6.07, 6.45) is 13.2. The van der Waals surface area contributed by atoms with Crippen LogP contribution in [0.15, 0.2) is 112 Å². The van der Waals surface area contributed by atoms with E-state index in [2.05, 4.69) is 12.1 Å². The number of carbonyl (C=O) groups is 6. The molecule has 0 bridgehead atoms. The zero-order valence-electron chi connectivity index (χ0n) is 38.8. The van der Waals surface area contributed by atoms with Crippen LogP contribution in [0.2, 0.25) is 0 Å². The maximum atomic E-state index is 14.4. The highest BCUT2D eigenvalue weighted by Gasteiger charge is 2.55. The zero-order valence-corrected chi connectivity index (χ0v) is 41.3. The highest BCUT2D eigenvalue weighted by atomic mass is 32.1. The van der Waals surface area contributed by atoms with Crippen molar-refractivity contribution in [3.63, 3.8) is 0 Å². The lowest BCUT2D eigenvalue weighted by molar-refractivity contribution is -0.140. The van der Waals surface area contributed by atoms with Gasteiger partial charge in [0, 0.05) is 46.9 Å². The maximum absolute atomic E-state index is 14.4. The van der Waals surface area contributed by atoms with Crippen LogP contribution >= 0.6 is 34.0 Å². The van der Waals surface area contributed by atoms with Crippen molar-refractivity contribution < 1.29 is 38.2 Å². The number of nitrogens with zero attached hydrogens (tertiary/aromatic N) is 4. The van der Waals surface area contributed by atoms with Crippen molar-refractivity contribution in [1.82, 2.24) is 9.80 Å². The molecule has 3 aromatic heterocycles. The number of allylic oxidation sites excluding steroid dienone is 2. The number of thiophene rings is 3. The minimum atomic E-state index is -1.15. The van der Waals surface area contributed by atoms with E-state index in [4.69, 9.17) is 9.47 Å². The normalized spacial score (nSPS) is 20.2. The Morgan fingerprint density at radius 2 is 1.11 bits per heavy atom. The van der Waals surface area contributed by atoms with Crippen LogP contribution in [0.4, 0.5) is 9.59 Å². The molecule has 4 aliphatic carbocycles. The molecule has 2 aliphatic heterocycles. The van der Waals surface area contributed by atoms with Gasteiger partial charge in [-0.25, -0.2) is 9.59 Å². The van der Waals surface area contributed by atoms with Gasteiger partial charge in [0.05, 0.1) is 9.58 Å². The molecule has 0 unspecified atom stereocenters. The summed E-state index contributed by atoms with van der Waals surface area (Å²) >= 11 is 5.08. The van der Waals surface area contributed by atoms with Crippen LogP contribution in [0.1, 0.15) is 116 Å². The molecular formula is C56H44N4O8S3. The fraction of sp³-hybridized carbons (Fsp3) is 0.286. The Morgan fingerprint density at radius 1 is 0.620 bits per heavy atom. The second-order valence-electron chi connectivity index (χ2n) is 18.9. The smallest absolute Gasteiger partial charge is 0.424 e. The summed E-state index contributed by atoms with van der Waals surface area (Å²) in [7, 11) is 0. The number of hydrogen-bond acceptors (Lipinski definition) is 13. The van der Waals surface area contributed by atoms with E-state index in [-0.39, 0.29) is 52.1 Å². The van der Waals surface area contributed by atoms with Gasteiger partial charge in [0.15, 0.2) is 0 Å². The van der Waals surface area contributed by atoms with Crippen molar-refractivity contribution in [3.8, 4) is 21.9 Å². The molecule has 5 heterocycles. The van der Waals surface area contributed by atoms with E-state index in [9.17, 15) is 39.3 Å². The molecule has 2 fully saturated rings. The van der Waals surface area contributed by atoms with Crippen molar-refractivity contribution in [2.45, 2.75) is 102 Å². The second-order valence-corrected chi connectivity index (χ2v) is 22.1. The average Bonchev–Trinajstić information content (AvgIpc) is 4.16. The minimum Gasteiger partial charge on any atom is -0.444 e. The maximum Gasteiger partial charge on any atom is 0.424 e. The standard InChI is InChI=1S/C56H44N4O8S3/c1-31-37(49(61)59(51(63)39(31)27-57)53(65)67-29-33-15-7-3-8-16-33)23-35-24-41-43(55(35)19-11-5-12-20-55)44-47(70-41)48-45(56(44)21-13-6-14-22-56)46-42(71-48)26-36(69-46)25-38-32(2)40(28-58)52(64)60(50(38)62)54(66)68-30-34-17-9-4-10-18-34/h3-4,7-10,15-18,23-26H,5-6,11-14,19-22,29-30H2,1-2H3/b37-23+,38-25+. The third-order valence-corrected chi connectivity index (χ3v) is 18.7. The van der Waals surface area contributed by atoms with Gasteiger partial charge in [-0.3, -0.25) is 19.2 Å². The van der Waals surface area contributed by atoms with Crippen molar-refractivity contribution >= 4 is 91.4 Å². The lowest BCUT2D eigenvalue weighted by Gasteiger charge is -2.42. The van der Waals surface area contributed by atoms with E-state index in [0.29, 0.717) is 20.9 Å². The molecule has 71 heavy (non-hydrogen) atoms. The Balaban J connectivity index is 0.967. The molecule has 6 amide bonds. The molecule has 0 saturated heterocycles. The van der Waals surface area contributed by atoms with Crippen LogP contribution in [-0.2, 0) is 52.7 Å². The predicted molar refractivity (Wildman–Crippen MR) is 269 cm³/mol. The first-order chi connectivity index (χ1) is 34.4. The average molecular weight is 997 g/mol. The minimum absolute atomic E-state index is 0.0691. The van der Waals surface area contributed by atoms with Gasteiger partial charge in [-0.05, 0) is 103 Å². The van der Waals surface area contributed by atoms with Gasteiger partial charge in [0.25, 0.3) is 23.6 Å². The number of carbonyl (C=O) groups excluding carboxylic acids is 6. The summed E-state index contributed by atoms with van der Waals surface area (Å²) in [5, 5.41) is 20.3. The third-order valence-electron chi connectivity index (χ3n) is 15.1. The fourth-order valence-electron chi connectivity index (χ4n) is 11.7. The van der Waals surface area contributed by atoms with Crippen LogP contribution in [0.25, 0.3) is 31.3 Å². The fourth-order valence-corrected chi connectivity index (χ4v) is 16.0. The SMILES string of the molecule is CC1=C(C#N)C(=O)N(C(=O)OCc2ccccc2)C(=O)/C1=C/C1=Cc2sc3c(c2C12CCCCC2)C1(CCCCC1)c1c-3sc2cc(/C=C3/C(=O)N(C(=O)OCc4ccccc4)C(=O)C(C#N)=C3C)sc12. The Morgan fingerprint density at radius 3 is 1.63 bits per heavy atom. The van der Waals surface area contributed by atoms with E-state index in [1.165, 1.54) is 26.4 Å². The topological polar surface area (TPSA) is 175 Å². The summed E-state index contributed by atoms with van der Waals surface area (Å²) in [4.78, 5) is 87.8. The van der Waals surface area contributed by atoms with Crippen LogP contribution in [0, 0.1) is 22.7 Å². The van der Waals surface area contributed by atoms with Gasteiger partial charge in [0.2, 0.25) is 0 Å². The molecule has 0 N–H and O–H groups in total. The van der Waals surface area contributed by atoms with E-state index in [1.54, 1.807) is 102 Å². The van der Waals surface area contributed by atoms with Crippen molar-refractivity contribution in [2.24, 2.45) is 0 Å². The van der Waals surface area contributed by atoms with E-state index in [0.717, 1.165) is 88.9 Å². The lowest BCUT2D eigenvalue weighted by atomic mass is 9.61. The molecule has 0 atom stereocenters. The molecule has 11 rings (SSSR count). The molecule has 12 nitrogen and oxygen atoms in total. The van der Waals surface area contributed by atoms with Gasteiger partial charge >= 0.3 is 12.2 Å². The summed E-state index contributed by atoms with van der Waals surface area (Å²) in [6, 6.07) is 23.8. The number of ether oxygens (including phenoxy) is 2. The highest BCUT2D eigenvalue weighted by Crippen LogP contribution is 2.69. The molecule has 5 aromatic rings. The molecule has 2 saturated carbocycles. The number of fused-ring (bicyclic) bond motifs is 10. The van der Waals surface area contributed by atoms with E-state index < -0.39 is 41.2 Å². The monoisotopic (exact) mass is 996 g/mol. The molecule has 2 aromatic carbocycles. The summed E-state index contributed by atoms with van der Waals surface area (Å²) < 4.78 is 13.1. The molecular weight excluding hydrogens is 953 g/mol. The van der Waals surface area contributed by atoms with E-state index in [1.807, 2.05) is 30.3 Å². The van der Waals surface area contributed by atoms with Crippen LogP contribution in [0.5, 0.6) is 0 Å². The predicted octanol–water partition coefficient (Wildman–Crippen LogP) is 12.3. The summed E-state index contributed by atoms with van der Waals surface area (Å²) in [6.45, 7) is 2.83. The van der Waals surface area contributed by atoms with Crippen LogP contribution in [-0.4, -0.2) is 45.6 Å². The number of rotatable bonds is 6. The largest absolute Gasteiger partial charge is 0.444 e. The molecule has 0 radical (unpaired) electrons. The Bertz CT molecular complexity index is 3450. The Hall–Kier alpha value is -7.30. The number of imide groups is 6. The molecule has 15 heteroatoms. The van der Waals surface area contributed by atoms with Gasteiger partial charge in [-0.15, -0.1) is 34.0 Å². The number of nitriles is 2. The van der Waals surface area contributed by atoms with Crippen molar-refractivity contribution in [3.05, 3.63) is 149 Å². The lowest BCUT2D eigenvalue weighted by Crippen LogP contribution is -2.47. The van der Waals surface area contributed by atoms with Gasteiger partial charge in [-0.1, -0.05) is 99.2 Å². The van der Waals surface area contributed by atoms with Gasteiger partial charge in [-0.2, -0.15) is 20.3 Å². The number of amides is 6. The van der Waals surface area contributed by atoms with E-state index >= 15 is 0 Å². The first-order valence-electron chi connectivity index (χ1n) is 23.7. The first kappa shape index (κ1) is 46.1. The summed E-state index contributed by atoms with van der Waals surface area (Å²) in [5.41, 5.74) is 5.56. The zero-order chi connectivity index (χ0) is 49.3. The second kappa shape index (κ2) is 17.8. The number of benzene rings is 2. The quantitative estimate of drug-likeness (QED) is 0.118. The van der Waals surface area contributed by atoms with Crippen LogP contribution in [0.3, 0.4) is 0 Å². The van der Waals surface area contributed by atoms with Crippen LogP contribution < -0.4 is 0 Å². The number of hydrogen-bond donors (Lipinski definition) is 0. The van der Waals surface area contributed by atoms with Gasteiger partial charge in [0.1, 0.15) is 36.5 Å².